The van der Waals surface area contributed by atoms with Crippen molar-refractivity contribution in [3.63, 3.8) is 0 Å². The van der Waals surface area contributed by atoms with E-state index in [2.05, 4.69) is 10.6 Å². The molecule has 1 aliphatic rings. The first-order valence-electron chi connectivity index (χ1n) is 8.13. The van der Waals surface area contributed by atoms with Gasteiger partial charge in [-0.3, -0.25) is 14.4 Å². The maximum atomic E-state index is 12.4. The Hall–Kier alpha value is -2.16. The summed E-state index contributed by atoms with van der Waals surface area (Å²) in [7, 11) is 1.32. The first-order chi connectivity index (χ1) is 11.6. The summed E-state index contributed by atoms with van der Waals surface area (Å²) in [6.07, 6.45) is -0.934. The summed E-state index contributed by atoms with van der Waals surface area (Å²) in [5.74, 6) is -3.79. The van der Waals surface area contributed by atoms with Gasteiger partial charge in [-0.15, -0.1) is 0 Å². The van der Waals surface area contributed by atoms with Gasteiger partial charge < -0.3 is 25.2 Å². The molecule has 0 aliphatic carbocycles. The summed E-state index contributed by atoms with van der Waals surface area (Å²) < 4.78 is 9.66. The van der Waals surface area contributed by atoms with Crippen molar-refractivity contribution in [3.05, 3.63) is 0 Å². The number of amides is 2. The lowest BCUT2D eigenvalue weighted by atomic mass is 9.85. The summed E-state index contributed by atoms with van der Waals surface area (Å²) in [6.45, 7) is 6.84. The molecule has 9 heteroatoms. The van der Waals surface area contributed by atoms with Gasteiger partial charge in [0.1, 0.15) is 12.0 Å². The Morgan fingerprint density at radius 2 is 1.80 bits per heavy atom. The van der Waals surface area contributed by atoms with E-state index in [1.165, 1.54) is 7.11 Å². The molecule has 1 aliphatic heterocycles. The minimum atomic E-state index is -1.24. The van der Waals surface area contributed by atoms with Gasteiger partial charge in [0.15, 0.2) is 12.1 Å². The van der Waals surface area contributed by atoms with Gasteiger partial charge in [-0.05, 0) is 11.8 Å². The van der Waals surface area contributed by atoms with Gasteiger partial charge in [-0.25, -0.2) is 4.79 Å². The molecule has 3 N–H and O–H groups in total. The molecule has 0 spiro atoms. The largest absolute Gasteiger partial charge is 0.480 e. The van der Waals surface area contributed by atoms with Crippen LogP contribution in [-0.2, 0) is 28.7 Å². The number of rotatable bonds is 9. The molecule has 0 aromatic heterocycles. The SMILES string of the molecule is COC[C@H](NC(=O)[C@@H](NC(=O)[C@@H]1OC(=O)[C@H]1C(C)C)C(C)C)C(=O)O. The van der Waals surface area contributed by atoms with Crippen LogP contribution in [0.2, 0.25) is 0 Å². The van der Waals surface area contributed by atoms with E-state index in [0.29, 0.717) is 0 Å². The van der Waals surface area contributed by atoms with E-state index >= 15 is 0 Å². The fourth-order valence-electron chi connectivity index (χ4n) is 2.54. The lowest BCUT2D eigenvalue weighted by molar-refractivity contribution is -0.193. The summed E-state index contributed by atoms with van der Waals surface area (Å²) in [5, 5.41) is 14.0. The molecule has 0 aromatic carbocycles. The van der Waals surface area contributed by atoms with E-state index in [1.807, 2.05) is 0 Å². The third-order valence-electron chi connectivity index (χ3n) is 4.01. The second-order valence-electron chi connectivity index (χ2n) is 6.71. The fourth-order valence-corrected chi connectivity index (χ4v) is 2.54. The second-order valence-corrected chi connectivity index (χ2v) is 6.71. The third-order valence-corrected chi connectivity index (χ3v) is 4.01. The van der Waals surface area contributed by atoms with Crippen molar-refractivity contribution >= 4 is 23.8 Å². The average molecular weight is 358 g/mol. The number of carboxylic acids is 1. The highest BCUT2D eigenvalue weighted by atomic mass is 16.6. The molecule has 9 nitrogen and oxygen atoms in total. The van der Waals surface area contributed by atoms with E-state index in [9.17, 15) is 19.2 Å². The molecule has 2 amide bonds. The fraction of sp³-hybridized carbons (Fsp3) is 0.750. The quantitative estimate of drug-likeness (QED) is 0.475. The topological polar surface area (TPSA) is 131 Å². The zero-order valence-corrected chi connectivity index (χ0v) is 15.1. The number of carbonyl (C=O) groups is 4. The van der Waals surface area contributed by atoms with Crippen LogP contribution < -0.4 is 10.6 Å². The van der Waals surface area contributed by atoms with Crippen LogP contribution in [0.5, 0.6) is 0 Å². The Kier molecular flexibility index (Phi) is 7.35. The van der Waals surface area contributed by atoms with E-state index in [4.69, 9.17) is 14.6 Å². The number of aliphatic carboxylic acids is 1. The molecule has 1 heterocycles. The first-order valence-corrected chi connectivity index (χ1v) is 8.13. The van der Waals surface area contributed by atoms with Gasteiger partial charge in [-0.1, -0.05) is 27.7 Å². The summed E-state index contributed by atoms with van der Waals surface area (Å²) in [5.41, 5.74) is 0. The predicted molar refractivity (Wildman–Crippen MR) is 86.4 cm³/mol. The standard InChI is InChI=1S/C16H26N2O7/c1-7(2)10-12(25-16(10)23)14(20)18-11(8(3)4)13(19)17-9(6-24-5)15(21)22/h7-12H,6H2,1-5H3,(H,17,19)(H,18,20)(H,21,22)/t9-,10-,11-,12+/m0/s1. The number of hydrogen-bond acceptors (Lipinski definition) is 6. The molecular weight excluding hydrogens is 332 g/mol. The van der Waals surface area contributed by atoms with Crippen molar-refractivity contribution in [1.29, 1.82) is 0 Å². The molecule has 0 bridgehead atoms. The van der Waals surface area contributed by atoms with Crippen LogP contribution in [0.1, 0.15) is 27.7 Å². The number of carbonyl (C=O) groups excluding carboxylic acids is 3. The number of cyclic esters (lactones) is 1. The van der Waals surface area contributed by atoms with Gasteiger partial charge >= 0.3 is 11.9 Å². The van der Waals surface area contributed by atoms with Crippen molar-refractivity contribution in [1.82, 2.24) is 10.6 Å². The van der Waals surface area contributed by atoms with Gasteiger partial charge in [0.2, 0.25) is 5.91 Å². The Balaban J connectivity index is 2.76. The monoisotopic (exact) mass is 358 g/mol. The lowest BCUT2D eigenvalue weighted by Gasteiger charge is -2.37. The third kappa shape index (κ3) is 5.15. The van der Waals surface area contributed by atoms with Crippen molar-refractivity contribution in [2.45, 2.75) is 45.9 Å². The molecule has 1 saturated heterocycles. The molecule has 1 fully saturated rings. The van der Waals surface area contributed by atoms with E-state index in [-0.39, 0.29) is 18.4 Å². The molecular formula is C16H26N2O7. The number of hydrogen-bond donors (Lipinski definition) is 3. The molecule has 0 radical (unpaired) electrons. The van der Waals surface area contributed by atoms with E-state index < -0.39 is 47.9 Å². The number of carboxylic acid groups (broad SMARTS) is 1. The van der Waals surface area contributed by atoms with Crippen molar-refractivity contribution in [2.75, 3.05) is 13.7 Å². The Morgan fingerprint density at radius 1 is 1.20 bits per heavy atom. The highest BCUT2D eigenvalue weighted by Gasteiger charge is 2.49. The number of esters is 1. The number of nitrogens with one attached hydrogen (secondary N) is 2. The van der Waals surface area contributed by atoms with E-state index in [1.54, 1.807) is 27.7 Å². The molecule has 0 saturated carbocycles. The second kappa shape index (κ2) is 8.80. The highest BCUT2D eigenvalue weighted by molar-refractivity contribution is 5.97. The van der Waals surface area contributed by atoms with Crippen LogP contribution in [0.25, 0.3) is 0 Å². The molecule has 0 aromatic rings. The minimum Gasteiger partial charge on any atom is -0.480 e. The Morgan fingerprint density at radius 3 is 2.20 bits per heavy atom. The molecule has 25 heavy (non-hydrogen) atoms. The predicted octanol–water partition coefficient (Wildman–Crippen LogP) is -0.459. The lowest BCUT2D eigenvalue weighted by Crippen LogP contribution is -2.61. The number of methoxy groups -OCH3 is 1. The highest BCUT2D eigenvalue weighted by Crippen LogP contribution is 2.29. The van der Waals surface area contributed by atoms with Crippen LogP contribution in [0.15, 0.2) is 0 Å². The van der Waals surface area contributed by atoms with E-state index in [0.717, 1.165) is 0 Å². The smallest absolute Gasteiger partial charge is 0.328 e. The Bertz CT molecular complexity index is 533. The van der Waals surface area contributed by atoms with Crippen LogP contribution in [0.3, 0.4) is 0 Å². The summed E-state index contributed by atoms with van der Waals surface area (Å²) in [4.78, 5) is 47.3. The van der Waals surface area contributed by atoms with Crippen molar-refractivity contribution < 1.29 is 33.8 Å². The van der Waals surface area contributed by atoms with Crippen molar-refractivity contribution in [3.8, 4) is 0 Å². The molecule has 4 atom stereocenters. The van der Waals surface area contributed by atoms with Gasteiger partial charge in [-0.2, -0.15) is 0 Å². The number of ether oxygens (including phenoxy) is 2. The Labute approximate surface area is 146 Å². The van der Waals surface area contributed by atoms with Gasteiger partial charge in [0, 0.05) is 7.11 Å². The first kappa shape index (κ1) is 20.9. The van der Waals surface area contributed by atoms with Crippen LogP contribution in [0, 0.1) is 17.8 Å². The average Bonchev–Trinajstić information content (AvgIpc) is 2.47. The van der Waals surface area contributed by atoms with Crippen molar-refractivity contribution in [2.24, 2.45) is 17.8 Å². The molecule has 0 unspecified atom stereocenters. The van der Waals surface area contributed by atoms with Gasteiger partial charge in [0.25, 0.3) is 5.91 Å². The molecule has 142 valence electrons. The maximum Gasteiger partial charge on any atom is 0.328 e. The summed E-state index contributed by atoms with van der Waals surface area (Å²) in [6, 6.07) is -2.18. The van der Waals surface area contributed by atoms with Crippen LogP contribution in [0.4, 0.5) is 0 Å². The van der Waals surface area contributed by atoms with Crippen LogP contribution >= 0.6 is 0 Å². The summed E-state index contributed by atoms with van der Waals surface area (Å²) >= 11 is 0. The normalized spacial score (nSPS) is 22.0. The maximum absolute atomic E-state index is 12.4. The minimum absolute atomic E-state index is 0.0681. The van der Waals surface area contributed by atoms with Gasteiger partial charge in [0.05, 0.1) is 6.61 Å². The van der Waals surface area contributed by atoms with Crippen LogP contribution in [-0.4, -0.2) is 60.8 Å². The molecule has 1 rings (SSSR count). The zero-order valence-electron chi connectivity index (χ0n) is 15.1. The zero-order chi connectivity index (χ0) is 19.3.